The molecule has 1 heterocycles. The van der Waals surface area contributed by atoms with Crippen LogP contribution in [0.4, 0.5) is 10.5 Å². The molecule has 190 valence electrons. The fourth-order valence-electron chi connectivity index (χ4n) is 3.36. The van der Waals surface area contributed by atoms with E-state index in [-0.39, 0.29) is 21.3 Å². The zero-order chi connectivity index (χ0) is 26.6. The molecule has 4 rings (SSSR count). The van der Waals surface area contributed by atoms with Crippen LogP contribution in [0.25, 0.3) is 6.08 Å². The molecular formula is C26H22N2O7S2. The first-order valence-corrected chi connectivity index (χ1v) is 13.2. The largest absolute Gasteiger partial charge is 0.493 e. The number of ether oxygens (including phenoxy) is 1. The summed E-state index contributed by atoms with van der Waals surface area (Å²) in [6, 6.07) is 19.2. The van der Waals surface area contributed by atoms with Crippen molar-refractivity contribution in [3.8, 4) is 11.5 Å². The smallest absolute Gasteiger partial charge is 0.339 e. The number of anilines is 1. The molecule has 0 aliphatic carbocycles. The third-order valence-corrected chi connectivity index (χ3v) is 7.38. The molecule has 1 saturated heterocycles. The number of benzene rings is 3. The average molecular weight is 539 g/mol. The Morgan fingerprint density at radius 3 is 2.38 bits per heavy atom. The lowest BCUT2D eigenvalue weighted by atomic mass is 10.2. The fraction of sp³-hybridized carbons (Fsp3) is 0.115. The molecule has 0 saturated carbocycles. The molecule has 0 radical (unpaired) electrons. The van der Waals surface area contributed by atoms with Crippen molar-refractivity contribution in [2.45, 2.75) is 11.8 Å². The highest BCUT2D eigenvalue weighted by molar-refractivity contribution is 8.18. The molecule has 37 heavy (non-hydrogen) atoms. The molecule has 1 N–H and O–H groups in total. The Morgan fingerprint density at radius 2 is 1.70 bits per heavy atom. The molecule has 0 atom stereocenters. The standard InChI is InChI=1S/C26H22N2O7S2/c1-17-8-11-19(12-9-17)27-24(29)16-28-25(30)23(36-26(28)31)15-18-10-13-21(22(14-18)34-2)35-37(32,33)20-6-4-3-5-7-20/h3-15H,16H2,1-2H3,(H,27,29)/b23-15-. The molecule has 3 amide bonds. The Bertz CT molecular complexity index is 1490. The number of methoxy groups -OCH3 is 1. The van der Waals surface area contributed by atoms with E-state index >= 15 is 0 Å². The summed E-state index contributed by atoms with van der Waals surface area (Å²) in [7, 11) is -2.73. The van der Waals surface area contributed by atoms with Gasteiger partial charge in [-0.1, -0.05) is 42.0 Å². The van der Waals surface area contributed by atoms with Gasteiger partial charge >= 0.3 is 10.1 Å². The van der Waals surface area contributed by atoms with Gasteiger partial charge in [-0.3, -0.25) is 19.3 Å². The van der Waals surface area contributed by atoms with E-state index in [1.165, 1.54) is 43.5 Å². The summed E-state index contributed by atoms with van der Waals surface area (Å²) in [5.41, 5.74) is 2.06. The summed E-state index contributed by atoms with van der Waals surface area (Å²) in [6.45, 7) is 1.49. The third-order valence-electron chi connectivity index (χ3n) is 5.23. The number of hydrogen-bond acceptors (Lipinski definition) is 8. The predicted molar refractivity (Wildman–Crippen MR) is 140 cm³/mol. The van der Waals surface area contributed by atoms with Crippen molar-refractivity contribution in [2.75, 3.05) is 19.0 Å². The van der Waals surface area contributed by atoms with Crippen LogP contribution in [0, 0.1) is 6.92 Å². The Morgan fingerprint density at radius 1 is 1.00 bits per heavy atom. The van der Waals surface area contributed by atoms with Gasteiger partial charge in [-0.15, -0.1) is 0 Å². The summed E-state index contributed by atoms with van der Waals surface area (Å²) < 4.78 is 35.6. The summed E-state index contributed by atoms with van der Waals surface area (Å²) in [4.78, 5) is 38.6. The van der Waals surface area contributed by atoms with Gasteiger partial charge in [0.15, 0.2) is 11.5 Å². The van der Waals surface area contributed by atoms with E-state index in [0.717, 1.165) is 10.5 Å². The van der Waals surface area contributed by atoms with Crippen molar-refractivity contribution in [3.63, 3.8) is 0 Å². The maximum absolute atomic E-state index is 12.8. The van der Waals surface area contributed by atoms with Gasteiger partial charge in [0.25, 0.3) is 11.1 Å². The number of rotatable bonds is 8. The highest BCUT2D eigenvalue weighted by Crippen LogP contribution is 2.35. The number of nitrogens with zero attached hydrogens (tertiary/aromatic N) is 1. The lowest BCUT2D eigenvalue weighted by Gasteiger charge is -2.12. The van der Waals surface area contributed by atoms with Crippen molar-refractivity contribution in [2.24, 2.45) is 0 Å². The predicted octanol–water partition coefficient (Wildman–Crippen LogP) is 4.45. The van der Waals surface area contributed by atoms with Gasteiger partial charge in [0.2, 0.25) is 5.91 Å². The van der Waals surface area contributed by atoms with Crippen LogP contribution in [-0.2, 0) is 19.7 Å². The van der Waals surface area contributed by atoms with E-state index in [9.17, 15) is 22.8 Å². The van der Waals surface area contributed by atoms with Crippen molar-refractivity contribution in [1.29, 1.82) is 0 Å². The van der Waals surface area contributed by atoms with Gasteiger partial charge in [-0.2, -0.15) is 8.42 Å². The number of aryl methyl sites for hydroxylation is 1. The van der Waals surface area contributed by atoms with Crippen LogP contribution in [0.3, 0.4) is 0 Å². The summed E-state index contributed by atoms with van der Waals surface area (Å²) >= 11 is 0.702. The molecule has 0 spiro atoms. The Hall–Kier alpha value is -4.09. The molecule has 1 aliphatic rings. The maximum atomic E-state index is 12.8. The first-order chi connectivity index (χ1) is 17.7. The van der Waals surface area contributed by atoms with E-state index in [0.29, 0.717) is 23.0 Å². The molecule has 0 bridgehead atoms. The number of thioether (sulfide) groups is 1. The van der Waals surface area contributed by atoms with Crippen LogP contribution in [0.15, 0.2) is 82.6 Å². The number of amides is 3. The number of hydrogen-bond donors (Lipinski definition) is 1. The fourth-order valence-corrected chi connectivity index (χ4v) is 5.16. The first kappa shape index (κ1) is 26.0. The third kappa shape index (κ3) is 6.19. The maximum Gasteiger partial charge on any atom is 0.339 e. The van der Waals surface area contributed by atoms with Crippen molar-refractivity contribution in [3.05, 3.63) is 88.8 Å². The quantitative estimate of drug-likeness (QED) is 0.330. The number of nitrogens with one attached hydrogen (secondary N) is 1. The zero-order valence-corrected chi connectivity index (χ0v) is 21.5. The van der Waals surface area contributed by atoms with E-state index in [1.54, 1.807) is 30.3 Å². The lowest BCUT2D eigenvalue weighted by molar-refractivity contribution is -0.127. The number of carbonyl (C=O) groups is 3. The van der Waals surface area contributed by atoms with E-state index < -0.39 is 33.7 Å². The van der Waals surface area contributed by atoms with Crippen LogP contribution < -0.4 is 14.2 Å². The Balaban J connectivity index is 1.48. The van der Waals surface area contributed by atoms with Gasteiger partial charge < -0.3 is 14.2 Å². The highest BCUT2D eigenvalue weighted by Gasteiger charge is 2.36. The van der Waals surface area contributed by atoms with Gasteiger partial charge in [0.05, 0.1) is 12.0 Å². The summed E-state index contributed by atoms with van der Waals surface area (Å²) in [6.07, 6.45) is 1.46. The van der Waals surface area contributed by atoms with Crippen LogP contribution in [0.5, 0.6) is 11.5 Å². The van der Waals surface area contributed by atoms with E-state index in [2.05, 4.69) is 5.32 Å². The van der Waals surface area contributed by atoms with Gasteiger partial charge in [0, 0.05) is 5.69 Å². The van der Waals surface area contributed by atoms with Crippen molar-refractivity contribution >= 4 is 50.7 Å². The second-order valence-corrected chi connectivity index (χ2v) is 10.5. The second-order valence-electron chi connectivity index (χ2n) is 7.94. The van der Waals surface area contributed by atoms with Crippen molar-refractivity contribution < 1.29 is 31.7 Å². The number of carbonyl (C=O) groups excluding carboxylic acids is 3. The monoisotopic (exact) mass is 538 g/mol. The lowest BCUT2D eigenvalue weighted by Crippen LogP contribution is -2.36. The van der Waals surface area contributed by atoms with Gasteiger partial charge in [-0.05, 0) is 66.7 Å². The number of imide groups is 1. The molecule has 9 nitrogen and oxygen atoms in total. The SMILES string of the molecule is COc1cc(/C=C2\SC(=O)N(CC(=O)Nc3ccc(C)cc3)C2=O)ccc1OS(=O)(=O)c1ccccc1. The topological polar surface area (TPSA) is 119 Å². The van der Waals surface area contributed by atoms with Crippen LogP contribution in [0.1, 0.15) is 11.1 Å². The molecule has 11 heteroatoms. The van der Waals surface area contributed by atoms with Crippen molar-refractivity contribution in [1.82, 2.24) is 4.90 Å². The normalized spacial score (nSPS) is 14.6. The second kappa shape index (κ2) is 10.9. The highest BCUT2D eigenvalue weighted by atomic mass is 32.2. The molecule has 1 fully saturated rings. The zero-order valence-electron chi connectivity index (χ0n) is 19.8. The molecular weight excluding hydrogens is 516 g/mol. The minimum atomic E-state index is -4.08. The molecule has 1 aliphatic heterocycles. The van der Waals surface area contributed by atoms with Crippen LogP contribution >= 0.6 is 11.8 Å². The molecule has 0 unspecified atom stereocenters. The first-order valence-electron chi connectivity index (χ1n) is 11.0. The van der Waals surface area contributed by atoms with E-state index in [4.69, 9.17) is 8.92 Å². The molecule has 0 aromatic heterocycles. The Kier molecular flexibility index (Phi) is 7.65. The summed E-state index contributed by atoms with van der Waals surface area (Å²) in [5.74, 6) is -1.04. The van der Waals surface area contributed by atoms with Crippen LogP contribution in [-0.4, -0.2) is 44.0 Å². The van der Waals surface area contributed by atoms with E-state index in [1.807, 2.05) is 19.1 Å². The average Bonchev–Trinajstić information content (AvgIpc) is 3.14. The van der Waals surface area contributed by atoms with Gasteiger partial charge in [-0.25, -0.2) is 0 Å². The van der Waals surface area contributed by atoms with Gasteiger partial charge in [0.1, 0.15) is 11.4 Å². The van der Waals surface area contributed by atoms with Crippen LogP contribution in [0.2, 0.25) is 0 Å². The Labute approximate surface area is 218 Å². The molecule has 3 aromatic carbocycles. The molecule has 3 aromatic rings. The summed E-state index contributed by atoms with van der Waals surface area (Å²) in [5, 5.41) is 2.09. The minimum absolute atomic E-state index is 0.0128. The minimum Gasteiger partial charge on any atom is -0.493 e.